The molecular weight excluding hydrogens is 264 g/mol. The van der Waals surface area contributed by atoms with Gasteiger partial charge in [0.05, 0.1) is 12.2 Å². The van der Waals surface area contributed by atoms with Gasteiger partial charge in [0.1, 0.15) is 0 Å². The Morgan fingerprint density at radius 3 is 2.71 bits per heavy atom. The first-order valence-electron chi connectivity index (χ1n) is 7.91. The molecule has 0 unspecified atom stereocenters. The Hall–Kier alpha value is -1.52. The molecule has 1 aromatic heterocycles. The zero-order valence-corrected chi connectivity index (χ0v) is 13.5. The molecule has 0 aliphatic heterocycles. The lowest BCUT2D eigenvalue weighted by atomic mass is 9.84. The molecule has 0 atom stereocenters. The fourth-order valence-electron chi connectivity index (χ4n) is 3.30. The summed E-state index contributed by atoms with van der Waals surface area (Å²) in [5, 5.41) is 10.7. The van der Waals surface area contributed by atoms with Gasteiger partial charge in [0.25, 0.3) is 0 Å². The topological polar surface area (TPSA) is 61.0 Å². The molecule has 21 heavy (non-hydrogen) atoms. The first kappa shape index (κ1) is 14.4. The van der Waals surface area contributed by atoms with Crippen molar-refractivity contribution in [2.75, 3.05) is 7.05 Å². The Bertz CT molecular complexity index is 551. The van der Waals surface area contributed by atoms with Gasteiger partial charge in [0.2, 0.25) is 0 Å². The van der Waals surface area contributed by atoms with E-state index in [4.69, 9.17) is 0 Å². The Morgan fingerprint density at radius 2 is 2.10 bits per heavy atom. The Morgan fingerprint density at radius 1 is 1.38 bits per heavy atom. The maximum atomic E-state index is 12.4. The van der Waals surface area contributed by atoms with Crippen molar-refractivity contribution in [3.05, 3.63) is 17.0 Å². The number of urea groups is 1. The lowest BCUT2D eigenvalue weighted by Gasteiger charge is -2.33. The fourth-order valence-corrected chi connectivity index (χ4v) is 3.30. The number of carbonyl (C=O) groups is 1. The Balaban J connectivity index is 1.63. The third-order valence-corrected chi connectivity index (χ3v) is 5.16. The smallest absolute Gasteiger partial charge is 0.317 e. The number of carbonyl (C=O) groups excluding carboxylic acids is 1. The second-order valence-electron chi connectivity index (χ2n) is 7.60. The molecule has 2 amide bonds. The summed E-state index contributed by atoms with van der Waals surface area (Å²) in [6.45, 7) is 7.17. The molecule has 1 fully saturated rings. The third kappa shape index (κ3) is 2.54. The van der Waals surface area contributed by atoms with Crippen molar-refractivity contribution in [1.29, 1.82) is 0 Å². The van der Waals surface area contributed by atoms with E-state index in [0.717, 1.165) is 31.4 Å². The molecular formula is C16H26N4O. The zero-order chi connectivity index (χ0) is 15.3. The van der Waals surface area contributed by atoms with Crippen molar-refractivity contribution < 1.29 is 4.79 Å². The molecule has 0 spiro atoms. The number of amides is 2. The van der Waals surface area contributed by atoms with Gasteiger partial charge in [-0.05, 0) is 43.1 Å². The van der Waals surface area contributed by atoms with Crippen LogP contribution in [0.25, 0.3) is 0 Å². The van der Waals surface area contributed by atoms with Crippen LogP contribution < -0.4 is 5.32 Å². The lowest BCUT2D eigenvalue weighted by molar-refractivity contribution is 0.180. The van der Waals surface area contributed by atoms with Crippen LogP contribution in [0.15, 0.2) is 0 Å². The van der Waals surface area contributed by atoms with Gasteiger partial charge in [-0.2, -0.15) is 5.10 Å². The maximum absolute atomic E-state index is 12.4. The number of aromatic amines is 1. The van der Waals surface area contributed by atoms with E-state index in [2.05, 4.69) is 36.3 Å². The molecule has 0 saturated heterocycles. The summed E-state index contributed by atoms with van der Waals surface area (Å²) in [5.74, 6) is 0. The molecule has 2 N–H and O–H groups in total. The Kier molecular flexibility index (Phi) is 3.26. The van der Waals surface area contributed by atoms with Crippen LogP contribution in [0.1, 0.15) is 57.0 Å². The molecule has 2 aliphatic carbocycles. The van der Waals surface area contributed by atoms with Crippen LogP contribution in [0.4, 0.5) is 4.79 Å². The molecule has 1 saturated carbocycles. The summed E-state index contributed by atoms with van der Waals surface area (Å²) < 4.78 is 0. The molecule has 2 aliphatic rings. The molecule has 5 nitrogen and oxygen atoms in total. The van der Waals surface area contributed by atoms with E-state index >= 15 is 0 Å². The van der Waals surface area contributed by atoms with Gasteiger partial charge in [0.15, 0.2) is 0 Å². The molecule has 1 aromatic rings. The third-order valence-electron chi connectivity index (χ3n) is 5.16. The first-order chi connectivity index (χ1) is 9.82. The molecule has 5 heteroatoms. The van der Waals surface area contributed by atoms with Crippen LogP contribution in [-0.2, 0) is 19.4 Å². The van der Waals surface area contributed by atoms with E-state index in [9.17, 15) is 4.79 Å². The summed E-state index contributed by atoms with van der Waals surface area (Å²) in [6, 6.07) is 0.0113. The van der Waals surface area contributed by atoms with Gasteiger partial charge in [-0.1, -0.05) is 20.8 Å². The van der Waals surface area contributed by atoms with Gasteiger partial charge < -0.3 is 10.2 Å². The molecule has 116 valence electrons. The van der Waals surface area contributed by atoms with Crippen molar-refractivity contribution in [3.63, 3.8) is 0 Å². The van der Waals surface area contributed by atoms with Crippen LogP contribution in [0.3, 0.4) is 0 Å². The number of fused-ring (bicyclic) bond motifs is 1. The van der Waals surface area contributed by atoms with E-state index < -0.39 is 0 Å². The number of hydrogen-bond acceptors (Lipinski definition) is 2. The molecule has 0 aromatic carbocycles. The van der Waals surface area contributed by atoms with Crippen molar-refractivity contribution in [2.45, 2.75) is 65.0 Å². The standard InChI is InChI=1S/C16H26N4O/c1-15(2,3)16(8-9-16)17-14(21)20(4)10-13-11-6-5-7-12(11)18-19-13/h5-10H2,1-4H3,(H,17,21)(H,18,19). The monoisotopic (exact) mass is 290 g/mol. The average Bonchev–Trinajstić information content (AvgIpc) is 2.89. The summed E-state index contributed by atoms with van der Waals surface area (Å²) >= 11 is 0. The van der Waals surface area contributed by atoms with E-state index in [1.165, 1.54) is 17.7 Å². The van der Waals surface area contributed by atoms with Crippen LogP contribution in [-0.4, -0.2) is 33.7 Å². The Labute approximate surface area is 126 Å². The minimum atomic E-state index is -0.0220. The van der Waals surface area contributed by atoms with Gasteiger partial charge in [-0.3, -0.25) is 5.10 Å². The number of H-pyrrole nitrogens is 1. The minimum Gasteiger partial charge on any atom is -0.332 e. The van der Waals surface area contributed by atoms with Crippen molar-refractivity contribution >= 4 is 6.03 Å². The van der Waals surface area contributed by atoms with Crippen molar-refractivity contribution in [1.82, 2.24) is 20.4 Å². The highest BCUT2D eigenvalue weighted by molar-refractivity contribution is 5.75. The van der Waals surface area contributed by atoms with Crippen LogP contribution in [0.5, 0.6) is 0 Å². The largest absolute Gasteiger partial charge is 0.332 e. The number of aryl methyl sites for hydroxylation is 1. The number of aromatic nitrogens is 2. The number of hydrogen-bond donors (Lipinski definition) is 2. The van der Waals surface area contributed by atoms with Gasteiger partial charge in [-0.15, -0.1) is 0 Å². The maximum Gasteiger partial charge on any atom is 0.317 e. The van der Waals surface area contributed by atoms with E-state index in [1.807, 2.05) is 7.05 Å². The van der Waals surface area contributed by atoms with E-state index in [1.54, 1.807) is 4.90 Å². The van der Waals surface area contributed by atoms with Gasteiger partial charge in [0, 0.05) is 18.3 Å². The van der Waals surface area contributed by atoms with E-state index in [-0.39, 0.29) is 17.0 Å². The van der Waals surface area contributed by atoms with Crippen LogP contribution >= 0.6 is 0 Å². The second-order valence-corrected chi connectivity index (χ2v) is 7.60. The summed E-state index contributed by atoms with van der Waals surface area (Å²) in [6.07, 6.45) is 5.52. The zero-order valence-electron chi connectivity index (χ0n) is 13.5. The van der Waals surface area contributed by atoms with Crippen molar-refractivity contribution in [3.8, 4) is 0 Å². The first-order valence-corrected chi connectivity index (χ1v) is 7.91. The number of nitrogens with zero attached hydrogens (tertiary/aromatic N) is 2. The van der Waals surface area contributed by atoms with Gasteiger partial charge in [-0.25, -0.2) is 4.79 Å². The average molecular weight is 290 g/mol. The number of nitrogens with one attached hydrogen (secondary N) is 2. The molecule has 0 radical (unpaired) electrons. The summed E-state index contributed by atoms with van der Waals surface area (Å²) in [7, 11) is 1.85. The van der Waals surface area contributed by atoms with Gasteiger partial charge >= 0.3 is 6.03 Å². The highest BCUT2D eigenvalue weighted by Crippen LogP contribution is 2.49. The molecule has 3 rings (SSSR count). The van der Waals surface area contributed by atoms with Crippen LogP contribution in [0.2, 0.25) is 0 Å². The molecule has 1 heterocycles. The number of rotatable bonds is 3. The molecule has 0 bridgehead atoms. The summed E-state index contributed by atoms with van der Waals surface area (Å²) in [5.41, 5.74) is 3.70. The SMILES string of the molecule is CN(Cc1n[nH]c2c1CCC2)C(=O)NC1(C(C)(C)C)CC1. The second kappa shape index (κ2) is 4.75. The normalized spacial score (nSPS) is 19.2. The summed E-state index contributed by atoms with van der Waals surface area (Å²) in [4.78, 5) is 14.2. The van der Waals surface area contributed by atoms with E-state index in [0.29, 0.717) is 6.54 Å². The highest BCUT2D eigenvalue weighted by atomic mass is 16.2. The highest BCUT2D eigenvalue weighted by Gasteiger charge is 2.53. The quantitative estimate of drug-likeness (QED) is 0.899. The van der Waals surface area contributed by atoms with Crippen molar-refractivity contribution in [2.24, 2.45) is 5.41 Å². The lowest BCUT2D eigenvalue weighted by Crippen LogP contribution is -2.50. The van der Waals surface area contributed by atoms with Crippen LogP contribution in [0, 0.1) is 5.41 Å². The fraction of sp³-hybridized carbons (Fsp3) is 0.750. The predicted molar refractivity (Wildman–Crippen MR) is 82.0 cm³/mol. The minimum absolute atomic E-state index is 0.0113. The predicted octanol–water partition coefficient (Wildman–Crippen LogP) is 2.62.